The molecule has 190 valence electrons. The monoisotopic (exact) mass is 490 g/mol. The average Bonchev–Trinajstić information content (AvgIpc) is 3.27. The lowest BCUT2D eigenvalue weighted by Gasteiger charge is -2.56. The van der Waals surface area contributed by atoms with Gasteiger partial charge in [-0.05, 0) is 86.1 Å². The van der Waals surface area contributed by atoms with Crippen LogP contribution in [0.5, 0.6) is 5.75 Å². The van der Waals surface area contributed by atoms with Crippen molar-refractivity contribution in [1.82, 2.24) is 9.88 Å². The molecule has 5 aliphatic rings. The lowest BCUT2D eigenvalue weighted by Crippen LogP contribution is -2.56. The third kappa shape index (κ3) is 4.61. The number of esters is 1. The van der Waals surface area contributed by atoms with Crippen molar-refractivity contribution in [3.8, 4) is 5.75 Å². The summed E-state index contributed by atoms with van der Waals surface area (Å²) in [6, 6.07) is 12.4. The fourth-order valence-electron chi connectivity index (χ4n) is 7.51. The zero-order chi connectivity index (χ0) is 24.7. The van der Waals surface area contributed by atoms with E-state index in [1.54, 1.807) is 11.1 Å². The number of β-amino-alcohol motifs (C(OH)–C–C–N with tert-alkyl or cyclic N) is 1. The van der Waals surface area contributed by atoms with E-state index < -0.39 is 18.1 Å². The van der Waals surface area contributed by atoms with Crippen molar-refractivity contribution in [2.24, 2.45) is 23.2 Å². The topological polar surface area (TPSA) is 89.0 Å². The van der Waals surface area contributed by atoms with Gasteiger partial charge in [0, 0.05) is 19.2 Å². The quantitative estimate of drug-likeness (QED) is 0.593. The molecule has 1 aromatic heterocycles. The van der Waals surface area contributed by atoms with E-state index in [1.165, 1.54) is 19.3 Å². The normalized spacial score (nSPS) is 32.5. The van der Waals surface area contributed by atoms with Crippen LogP contribution in [0.4, 0.5) is 0 Å². The maximum absolute atomic E-state index is 13.8. The van der Waals surface area contributed by atoms with Crippen molar-refractivity contribution in [2.75, 3.05) is 6.54 Å². The predicted octanol–water partition coefficient (Wildman–Crippen LogP) is 3.88. The number of aliphatic hydroxyl groups excluding tert-OH is 1. The standard InChI is InChI=1S/C29H34N2O5/c32-24-12-26(31(16-24)28(34)29-13-20-9-21(14-29)11-22(10-20)15-29)27(33)36-17-19-4-6-25(7-5-19)35-18-23-3-1-2-8-30-23/h1-8,20-22,24,26,32H,9-18H2/t20?,21?,22?,24?,26-,29?/m0/s1. The van der Waals surface area contributed by atoms with Crippen molar-refractivity contribution < 1.29 is 24.2 Å². The molecule has 7 heteroatoms. The summed E-state index contributed by atoms with van der Waals surface area (Å²) < 4.78 is 11.4. The van der Waals surface area contributed by atoms with Gasteiger partial charge in [-0.25, -0.2) is 4.79 Å². The number of benzene rings is 1. The molecule has 36 heavy (non-hydrogen) atoms. The molecule has 5 fully saturated rings. The Morgan fingerprint density at radius 2 is 1.64 bits per heavy atom. The van der Waals surface area contributed by atoms with Crippen LogP contribution in [0.2, 0.25) is 0 Å². The number of likely N-dealkylation sites (tertiary alicyclic amines) is 1. The van der Waals surface area contributed by atoms with Gasteiger partial charge < -0.3 is 19.5 Å². The molecular weight excluding hydrogens is 456 g/mol. The highest BCUT2D eigenvalue weighted by atomic mass is 16.5. The number of carbonyl (C=O) groups is 2. The summed E-state index contributed by atoms with van der Waals surface area (Å²) in [5.74, 6) is 2.30. The van der Waals surface area contributed by atoms with Gasteiger partial charge in [0.1, 0.15) is 25.0 Å². The van der Waals surface area contributed by atoms with Crippen molar-refractivity contribution >= 4 is 11.9 Å². The Labute approximate surface area is 211 Å². The Kier molecular flexibility index (Phi) is 6.20. The van der Waals surface area contributed by atoms with E-state index in [-0.39, 0.29) is 30.9 Å². The molecule has 4 saturated carbocycles. The fourth-order valence-corrected chi connectivity index (χ4v) is 7.51. The van der Waals surface area contributed by atoms with Crippen molar-refractivity contribution in [3.63, 3.8) is 0 Å². The first-order valence-corrected chi connectivity index (χ1v) is 13.2. The summed E-state index contributed by atoms with van der Waals surface area (Å²) >= 11 is 0. The predicted molar refractivity (Wildman–Crippen MR) is 132 cm³/mol. The zero-order valence-corrected chi connectivity index (χ0v) is 20.6. The van der Waals surface area contributed by atoms with E-state index >= 15 is 0 Å². The fraction of sp³-hybridized carbons (Fsp3) is 0.552. The molecule has 4 aliphatic carbocycles. The van der Waals surface area contributed by atoms with E-state index in [0.29, 0.717) is 30.1 Å². The molecule has 1 amide bonds. The average molecular weight is 491 g/mol. The van der Waals surface area contributed by atoms with Gasteiger partial charge in [-0.1, -0.05) is 18.2 Å². The highest BCUT2D eigenvalue weighted by Crippen LogP contribution is 2.60. The molecule has 0 radical (unpaired) electrons. The summed E-state index contributed by atoms with van der Waals surface area (Å²) in [6.45, 7) is 0.723. The Morgan fingerprint density at radius 1 is 0.944 bits per heavy atom. The molecule has 1 aliphatic heterocycles. The summed E-state index contributed by atoms with van der Waals surface area (Å²) in [6.07, 6.45) is 7.91. The highest BCUT2D eigenvalue weighted by molar-refractivity contribution is 5.89. The first kappa shape index (κ1) is 23.5. The van der Waals surface area contributed by atoms with Gasteiger partial charge in [0.2, 0.25) is 5.91 Å². The molecule has 1 unspecified atom stereocenters. The number of hydrogen-bond acceptors (Lipinski definition) is 6. The molecule has 1 aromatic carbocycles. The van der Waals surface area contributed by atoms with Crippen LogP contribution >= 0.6 is 0 Å². The Morgan fingerprint density at radius 3 is 2.28 bits per heavy atom. The zero-order valence-electron chi connectivity index (χ0n) is 20.6. The molecule has 2 aromatic rings. The van der Waals surface area contributed by atoms with Gasteiger partial charge in [-0.3, -0.25) is 9.78 Å². The Hall–Kier alpha value is -2.93. The number of rotatable bonds is 7. The van der Waals surface area contributed by atoms with Crippen LogP contribution in [0.25, 0.3) is 0 Å². The molecule has 7 nitrogen and oxygen atoms in total. The van der Waals surface area contributed by atoms with Gasteiger partial charge in [-0.2, -0.15) is 0 Å². The van der Waals surface area contributed by atoms with E-state index in [2.05, 4.69) is 4.98 Å². The lowest BCUT2D eigenvalue weighted by molar-refractivity contribution is -0.166. The minimum atomic E-state index is -0.707. The van der Waals surface area contributed by atoms with E-state index in [1.807, 2.05) is 42.5 Å². The van der Waals surface area contributed by atoms with Crippen LogP contribution in [0, 0.1) is 23.2 Å². The van der Waals surface area contributed by atoms with Gasteiger partial charge in [0.25, 0.3) is 0 Å². The summed E-state index contributed by atoms with van der Waals surface area (Å²) in [5, 5.41) is 10.4. The second-order valence-corrected chi connectivity index (χ2v) is 11.4. The van der Waals surface area contributed by atoms with Gasteiger partial charge in [0.05, 0.1) is 17.2 Å². The third-order valence-electron chi connectivity index (χ3n) is 8.72. The van der Waals surface area contributed by atoms with Crippen molar-refractivity contribution in [3.05, 3.63) is 59.9 Å². The second kappa shape index (κ2) is 9.51. The number of amides is 1. The molecule has 4 bridgehead atoms. The van der Waals surface area contributed by atoms with Gasteiger partial charge in [0.15, 0.2) is 0 Å². The van der Waals surface area contributed by atoms with Crippen LogP contribution in [-0.2, 0) is 27.5 Å². The van der Waals surface area contributed by atoms with Crippen LogP contribution in [-0.4, -0.2) is 45.6 Å². The smallest absolute Gasteiger partial charge is 0.329 e. The van der Waals surface area contributed by atoms with E-state index in [9.17, 15) is 14.7 Å². The number of hydrogen-bond donors (Lipinski definition) is 1. The Balaban J connectivity index is 1.06. The molecule has 0 spiro atoms. The minimum Gasteiger partial charge on any atom is -0.487 e. The third-order valence-corrected chi connectivity index (χ3v) is 8.72. The molecular formula is C29H34N2O5. The number of nitrogens with zero attached hydrogens (tertiary/aromatic N) is 2. The number of carbonyl (C=O) groups excluding carboxylic acids is 2. The largest absolute Gasteiger partial charge is 0.487 e. The summed E-state index contributed by atoms with van der Waals surface area (Å²) in [4.78, 5) is 32.8. The maximum Gasteiger partial charge on any atom is 0.329 e. The number of pyridine rings is 1. The summed E-state index contributed by atoms with van der Waals surface area (Å²) in [5.41, 5.74) is 1.36. The second-order valence-electron chi connectivity index (χ2n) is 11.4. The summed E-state index contributed by atoms with van der Waals surface area (Å²) in [7, 11) is 0. The lowest BCUT2D eigenvalue weighted by atomic mass is 9.49. The van der Waals surface area contributed by atoms with Crippen LogP contribution < -0.4 is 4.74 Å². The maximum atomic E-state index is 13.8. The van der Waals surface area contributed by atoms with Crippen molar-refractivity contribution in [2.45, 2.75) is 70.3 Å². The van der Waals surface area contributed by atoms with E-state index in [0.717, 1.165) is 30.5 Å². The Bertz CT molecular complexity index is 1070. The van der Waals surface area contributed by atoms with Gasteiger partial charge in [-0.15, -0.1) is 0 Å². The van der Waals surface area contributed by atoms with Crippen LogP contribution in [0.1, 0.15) is 56.2 Å². The number of aromatic nitrogens is 1. The molecule has 1 N–H and O–H groups in total. The highest BCUT2D eigenvalue weighted by Gasteiger charge is 2.57. The van der Waals surface area contributed by atoms with Crippen molar-refractivity contribution in [1.29, 1.82) is 0 Å². The number of ether oxygens (including phenoxy) is 2. The van der Waals surface area contributed by atoms with E-state index in [4.69, 9.17) is 9.47 Å². The SMILES string of the molecule is O=C(OCc1ccc(OCc2ccccn2)cc1)[C@@H]1CC(O)CN1C(=O)C12CC3CC(CC(C3)C1)C2. The molecule has 1 saturated heterocycles. The minimum absolute atomic E-state index is 0.0782. The molecule has 2 atom stereocenters. The first-order chi connectivity index (χ1) is 17.5. The van der Waals surface area contributed by atoms with Crippen LogP contribution in [0.15, 0.2) is 48.7 Å². The van der Waals surface area contributed by atoms with Crippen LogP contribution in [0.3, 0.4) is 0 Å². The molecule has 2 heterocycles. The number of aliphatic hydroxyl groups is 1. The first-order valence-electron chi connectivity index (χ1n) is 13.2. The molecule has 7 rings (SSSR count). The van der Waals surface area contributed by atoms with Gasteiger partial charge >= 0.3 is 5.97 Å².